The second-order valence-electron chi connectivity index (χ2n) is 9.58. The molecule has 8 nitrogen and oxygen atoms in total. The summed E-state index contributed by atoms with van der Waals surface area (Å²) in [7, 11) is 1.73. The van der Waals surface area contributed by atoms with E-state index in [4.69, 9.17) is 11.6 Å². The number of rotatable bonds is 6. The Morgan fingerprint density at radius 2 is 1.80 bits per heavy atom. The van der Waals surface area contributed by atoms with Crippen LogP contribution in [-0.2, 0) is 22.7 Å². The van der Waals surface area contributed by atoms with Gasteiger partial charge in [0.1, 0.15) is 12.2 Å². The molecule has 35 heavy (non-hydrogen) atoms. The predicted octanol–water partition coefficient (Wildman–Crippen LogP) is 3.32. The lowest BCUT2D eigenvalue weighted by Gasteiger charge is -2.54. The van der Waals surface area contributed by atoms with Gasteiger partial charge in [-0.1, -0.05) is 67.9 Å². The van der Waals surface area contributed by atoms with Crippen molar-refractivity contribution in [3.05, 3.63) is 70.7 Å². The minimum absolute atomic E-state index is 0.0332. The van der Waals surface area contributed by atoms with E-state index in [1.54, 1.807) is 32.9 Å². The van der Waals surface area contributed by atoms with Crippen LogP contribution < -0.4 is 5.32 Å². The molecule has 4 rings (SSSR count). The van der Waals surface area contributed by atoms with Crippen LogP contribution in [0, 0.1) is 5.92 Å². The normalized spacial score (nSPS) is 20.9. The highest BCUT2D eigenvalue weighted by atomic mass is 35.5. The number of benzene rings is 2. The van der Waals surface area contributed by atoms with E-state index in [0.29, 0.717) is 24.5 Å². The first-order chi connectivity index (χ1) is 16.7. The number of fused-ring (bicyclic) bond motifs is 1. The van der Waals surface area contributed by atoms with Gasteiger partial charge in [-0.2, -0.15) is 0 Å². The molecule has 2 aromatic rings. The summed E-state index contributed by atoms with van der Waals surface area (Å²) in [6, 6.07) is 16.1. The summed E-state index contributed by atoms with van der Waals surface area (Å²) >= 11 is 6.17. The van der Waals surface area contributed by atoms with Gasteiger partial charge in [0.15, 0.2) is 0 Å². The van der Waals surface area contributed by atoms with Crippen molar-refractivity contribution in [3.8, 4) is 0 Å². The predicted molar refractivity (Wildman–Crippen MR) is 134 cm³/mol. The molecule has 2 atom stereocenters. The Morgan fingerprint density at radius 3 is 2.49 bits per heavy atom. The molecule has 0 bridgehead atoms. The smallest absolute Gasteiger partial charge is 0.333 e. The van der Waals surface area contributed by atoms with Crippen LogP contribution in [0.15, 0.2) is 54.6 Å². The van der Waals surface area contributed by atoms with Crippen molar-refractivity contribution >= 4 is 29.4 Å². The summed E-state index contributed by atoms with van der Waals surface area (Å²) in [6.07, 6.45) is -0.0753. The van der Waals surface area contributed by atoms with Crippen LogP contribution in [-0.4, -0.2) is 70.0 Å². The first-order valence-electron chi connectivity index (χ1n) is 11.9. The zero-order valence-electron chi connectivity index (χ0n) is 20.4. The van der Waals surface area contributed by atoms with Gasteiger partial charge in [0.2, 0.25) is 11.8 Å². The van der Waals surface area contributed by atoms with Crippen molar-refractivity contribution < 1.29 is 14.4 Å². The molecule has 1 N–H and O–H groups in total. The van der Waals surface area contributed by atoms with E-state index in [-0.39, 0.29) is 36.9 Å². The van der Waals surface area contributed by atoms with Gasteiger partial charge in [0, 0.05) is 25.2 Å². The van der Waals surface area contributed by atoms with E-state index >= 15 is 0 Å². The second kappa shape index (κ2) is 10.7. The molecule has 2 heterocycles. The van der Waals surface area contributed by atoms with Crippen LogP contribution in [0.1, 0.15) is 31.4 Å². The number of nitrogens with one attached hydrogen (secondary N) is 1. The highest BCUT2D eigenvalue weighted by molar-refractivity contribution is 6.30. The minimum Gasteiger partial charge on any atom is -0.333 e. The van der Waals surface area contributed by atoms with Crippen molar-refractivity contribution in [2.45, 2.75) is 45.6 Å². The average Bonchev–Trinajstić information content (AvgIpc) is 2.80. The van der Waals surface area contributed by atoms with Gasteiger partial charge in [-0.15, -0.1) is 0 Å². The molecule has 0 aromatic heterocycles. The molecular formula is C26H32ClN5O3. The van der Waals surface area contributed by atoms with Crippen LogP contribution >= 0.6 is 11.6 Å². The van der Waals surface area contributed by atoms with Crippen molar-refractivity contribution in [2.75, 3.05) is 20.1 Å². The molecule has 2 aliphatic rings. The Hall–Kier alpha value is -3.10. The Bertz CT molecular complexity index is 1080. The monoisotopic (exact) mass is 497 g/mol. The quantitative estimate of drug-likeness (QED) is 0.664. The number of amides is 4. The highest BCUT2D eigenvalue weighted by Gasteiger charge is 2.50. The molecule has 2 fully saturated rings. The summed E-state index contributed by atoms with van der Waals surface area (Å²) < 4.78 is 0. The van der Waals surface area contributed by atoms with E-state index in [1.165, 1.54) is 0 Å². The van der Waals surface area contributed by atoms with E-state index in [2.05, 4.69) is 5.32 Å². The highest BCUT2D eigenvalue weighted by Crippen LogP contribution is 2.30. The number of hydrazine groups is 1. The summed E-state index contributed by atoms with van der Waals surface area (Å²) in [4.78, 5) is 43.5. The fourth-order valence-corrected chi connectivity index (χ4v) is 5.05. The molecule has 0 saturated carbocycles. The molecule has 0 aliphatic carbocycles. The average molecular weight is 498 g/mol. The van der Waals surface area contributed by atoms with E-state index in [1.807, 2.05) is 62.4 Å². The molecule has 186 valence electrons. The molecule has 2 aromatic carbocycles. The number of urea groups is 1. The van der Waals surface area contributed by atoms with Gasteiger partial charge >= 0.3 is 6.03 Å². The van der Waals surface area contributed by atoms with E-state index in [9.17, 15) is 14.4 Å². The van der Waals surface area contributed by atoms with Gasteiger partial charge in [-0.25, -0.2) is 14.8 Å². The first-order valence-corrected chi connectivity index (χ1v) is 12.3. The number of carbonyl (C=O) groups excluding carboxylic acids is 3. The fraction of sp³-hybridized carbons (Fsp3) is 0.423. The Morgan fingerprint density at radius 1 is 1.09 bits per heavy atom. The third kappa shape index (κ3) is 5.60. The van der Waals surface area contributed by atoms with E-state index in [0.717, 1.165) is 11.1 Å². The summed E-state index contributed by atoms with van der Waals surface area (Å²) in [5.41, 5.74) is 1.88. The Balaban J connectivity index is 1.61. The largest absolute Gasteiger partial charge is 0.334 e. The number of piperazine rings is 1. The molecule has 4 amide bonds. The topological polar surface area (TPSA) is 76.2 Å². The fourth-order valence-electron chi connectivity index (χ4n) is 4.83. The van der Waals surface area contributed by atoms with Gasteiger partial charge in [-0.05, 0) is 35.6 Å². The molecule has 0 unspecified atom stereocenters. The molecule has 9 heteroatoms. The first kappa shape index (κ1) is 25.0. The zero-order valence-corrected chi connectivity index (χ0v) is 21.1. The van der Waals surface area contributed by atoms with Gasteiger partial charge in [0.05, 0.1) is 13.1 Å². The van der Waals surface area contributed by atoms with Gasteiger partial charge in [-0.3, -0.25) is 9.59 Å². The summed E-state index contributed by atoms with van der Waals surface area (Å²) in [6.45, 7) is 5.04. The van der Waals surface area contributed by atoms with Crippen LogP contribution in [0.25, 0.3) is 0 Å². The summed E-state index contributed by atoms with van der Waals surface area (Å²) in [5.74, 6) is -0.0491. The molecule has 2 saturated heterocycles. The third-order valence-corrected chi connectivity index (χ3v) is 6.63. The van der Waals surface area contributed by atoms with Crippen LogP contribution in [0.5, 0.6) is 0 Å². The number of hydrogen-bond donors (Lipinski definition) is 1. The lowest BCUT2D eigenvalue weighted by Crippen LogP contribution is -2.75. The SMILES string of the molecule is CC(C)C[C@H]1C(=O)N(Cc2cccc(Cl)c2)C[C@H]2N1C(=O)CN(C)N2C(=O)NCc1ccccc1. The van der Waals surface area contributed by atoms with Crippen LogP contribution in [0.3, 0.4) is 0 Å². The molecule has 0 spiro atoms. The lowest BCUT2D eigenvalue weighted by atomic mass is 9.96. The zero-order chi connectivity index (χ0) is 25.1. The van der Waals surface area contributed by atoms with Crippen molar-refractivity contribution in [2.24, 2.45) is 5.92 Å². The minimum atomic E-state index is -0.626. The number of carbonyl (C=O) groups is 3. The lowest BCUT2D eigenvalue weighted by molar-refractivity contribution is -0.188. The van der Waals surface area contributed by atoms with Crippen LogP contribution in [0.4, 0.5) is 4.79 Å². The molecular weight excluding hydrogens is 466 g/mol. The van der Waals surface area contributed by atoms with Crippen LogP contribution in [0.2, 0.25) is 5.02 Å². The maximum atomic E-state index is 13.6. The van der Waals surface area contributed by atoms with Crippen molar-refractivity contribution in [1.29, 1.82) is 0 Å². The number of hydrogen-bond acceptors (Lipinski definition) is 4. The maximum Gasteiger partial charge on any atom is 0.334 e. The standard InChI is InChI=1S/C26H32ClN5O3/c1-18(2)12-22-25(34)30(15-20-10-7-11-21(27)13-20)16-23-31(22)24(33)17-29(3)32(23)26(35)28-14-19-8-5-4-6-9-19/h4-11,13,18,22-23H,12,14-17H2,1-3H3,(H,28,35)/t22-,23-/m0/s1. The third-order valence-electron chi connectivity index (χ3n) is 6.39. The number of likely N-dealkylation sites (N-methyl/N-ethyl adjacent to an activating group) is 1. The Labute approximate surface area is 211 Å². The molecule has 2 aliphatic heterocycles. The van der Waals surface area contributed by atoms with Crippen molar-refractivity contribution in [1.82, 2.24) is 25.1 Å². The molecule has 0 radical (unpaired) electrons. The maximum absolute atomic E-state index is 13.6. The number of halogens is 1. The summed E-state index contributed by atoms with van der Waals surface area (Å²) in [5, 5.41) is 6.79. The van der Waals surface area contributed by atoms with E-state index < -0.39 is 12.2 Å². The number of nitrogens with zero attached hydrogens (tertiary/aromatic N) is 4. The Kier molecular flexibility index (Phi) is 7.62. The second-order valence-corrected chi connectivity index (χ2v) is 10.0. The van der Waals surface area contributed by atoms with Gasteiger partial charge in [0.25, 0.3) is 0 Å². The van der Waals surface area contributed by atoms with Crippen molar-refractivity contribution in [3.63, 3.8) is 0 Å². The van der Waals surface area contributed by atoms with Gasteiger partial charge < -0.3 is 15.1 Å².